The first-order chi connectivity index (χ1) is 10.6. The first kappa shape index (κ1) is 14.9. The molecule has 2 rings (SSSR count). The van der Waals surface area contributed by atoms with E-state index in [0.29, 0.717) is 5.69 Å². The molecule has 0 saturated carbocycles. The molecule has 0 bridgehead atoms. The summed E-state index contributed by atoms with van der Waals surface area (Å²) in [5.74, 6) is -0.985. The van der Waals surface area contributed by atoms with E-state index in [1.165, 1.54) is 12.4 Å². The van der Waals surface area contributed by atoms with Gasteiger partial charge in [-0.25, -0.2) is 15.0 Å². The highest BCUT2D eigenvalue weighted by Gasteiger charge is 2.12. The predicted octanol–water partition coefficient (Wildman–Crippen LogP) is -0.250. The molecule has 2 aromatic rings. The normalized spacial score (nSPS) is 12.0. The van der Waals surface area contributed by atoms with Gasteiger partial charge in [0.2, 0.25) is 11.9 Å². The molecule has 0 aliphatic rings. The van der Waals surface area contributed by atoms with Crippen molar-refractivity contribution in [1.29, 1.82) is 0 Å². The predicted molar refractivity (Wildman–Crippen MR) is 83.3 cm³/mol. The Morgan fingerprint density at radius 2 is 1.77 bits per heavy atom. The second kappa shape index (κ2) is 6.79. The van der Waals surface area contributed by atoms with Gasteiger partial charge in [-0.05, 0) is 12.1 Å². The van der Waals surface area contributed by atoms with Crippen LogP contribution in [0.3, 0.4) is 0 Å². The number of aliphatic imine (C=N–C) groups is 2. The molecular weight excluding hydrogens is 284 g/mol. The van der Waals surface area contributed by atoms with Gasteiger partial charge < -0.3 is 17.2 Å². The number of nitrogen functional groups attached to an aromatic ring is 1. The van der Waals surface area contributed by atoms with E-state index in [9.17, 15) is 4.79 Å². The van der Waals surface area contributed by atoms with Gasteiger partial charge in [-0.1, -0.05) is 18.2 Å². The number of carbonyl (C=O) groups is 1. The van der Waals surface area contributed by atoms with Crippen molar-refractivity contribution in [1.82, 2.24) is 15.3 Å². The van der Waals surface area contributed by atoms with Crippen LogP contribution in [0, 0.1) is 0 Å². The third-order valence-electron chi connectivity index (χ3n) is 2.42. The summed E-state index contributed by atoms with van der Waals surface area (Å²) in [6.07, 6.45) is 2.71. The SMILES string of the molecule is NC(=Nc1ccccc1)/N=C(\N)NC(=O)c1nccnc1N. The minimum atomic E-state index is -0.639. The number of amides is 1. The standard InChI is InChI=1S/C13H14N8O/c14-10-9(17-6-7-18-10)11(22)20-13(16)21-12(15)19-8-4-2-1-3-5-8/h1-7H,(H2,14,18)(H5,15,16,19,20,21,22). The Morgan fingerprint density at radius 1 is 1.09 bits per heavy atom. The summed E-state index contributed by atoms with van der Waals surface area (Å²) in [6, 6.07) is 8.95. The van der Waals surface area contributed by atoms with Crippen molar-refractivity contribution in [2.24, 2.45) is 21.5 Å². The van der Waals surface area contributed by atoms with Crippen molar-refractivity contribution >= 4 is 29.3 Å². The highest BCUT2D eigenvalue weighted by atomic mass is 16.2. The van der Waals surface area contributed by atoms with E-state index in [2.05, 4.69) is 25.3 Å². The summed E-state index contributed by atoms with van der Waals surface area (Å²) in [5, 5.41) is 2.30. The van der Waals surface area contributed by atoms with E-state index < -0.39 is 5.91 Å². The van der Waals surface area contributed by atoms with Gasteiger partial charge in [0.15, 0.2) is 11.5 Å². The van der Waals surface area contributed by atoms with Gasteiger partial charge in [-0.3, -0.25) is 10.1 Å². The monoisotopic (exact) mass is 298 g/mol. The molecule has 0 fully saturated rings. The average Bonchev–Trinajstić information content (AvgIpc) is 2.48. The molecule has 7 N–H and O–H groups in total. The molecule has 9 nitrogen and oxygen atoms in total. The van der Waals surface area contributed by atoms with Crippen molar-refractivity contribution in [2.45, 2.75) is 0 Å². The molecule has 0 atom stereocenters. The summed E-state index contributed by atoms with van der Waals surface area (Å²) in [5.41, 5.74) is 17.3. The zero-order valence-corrected chi connectivity index (χ0v) is 11.5. The molecule has 1 aromatic carbocycles. The fourth-order valence-electron chi connectivity index (χ4n) is 1.51. The molecule has 0 unspecified atom stereocenters. The highest BCUT2D eigenvalue weighted by Crippen LogP contribution is 2.09. The van der Waals surface area contributed by atoms with Crippen molar-refractivity contribution in [2.75, 3.05) is 5.73 Å². The molecule has 22 heavy (non-hydrogen) atoms. The molecule has 1 aromatic heterocycles. The van der Waals surface area contributed by atoms with Crippen LogP contribution in [0.4, 0.5) is 11.5 Å². The Labute approximate surface area is 126 Å². The highest BCUT2D eigenvalue weighted by molar-refractivity contribution is 6.08. The van der Waals surface area contributed by atoms with E-state index >= 15 is 0 Å². The number of rotatable bonds is 2. The lowest BCUT2D eigenvalue weighted by molar-refractivity contribution is 0.0972. The zero-order valence-electron chi connectivity index (χ0n) is 11.5. The van der Waals surface area contributed by atoms with Crippen LogP contribution in [0.25, 0.3) is 0 Å². The second-order valence-corrected chi connectivity index (χ2v) is 4.05. The molecule has 0 aliphatic heterocycles. The lowest BCUT2D eigenvalue weighted by Gasteiger charge is -2.04. The lowest BCUT2D eigenvalue weighted by Crippen LogP contribution is -2.38. The van der Waals surface area contributed by atoms with Gasteiger partial charge >= 0.3 is 0 Å². The van der Waals surface area contributed by atoms with Gasteiger partial charge in [0.25, 0.3) is 5.91 Å². The van der Waals surface area contributed by atoms with E-state index in [0.717, 1.165) is 0 Å². The molecule has 1 amide bonds. The molecule has 0 spiro atoms. The third kappa shape index (κ3) is 4.00. The van der Waals surface area contributed by atoms with Gasteiger partial charge in [0.05, 0.1) is 5.69 Å². The number of benzene rings is 1. The van der Waals surface area contributed by atoms with Crippen LogP contribution in [-0.4, -0.2) is 27.8 Å². The van der Waals surface area contributed by atoms with Gasteiger partial charge in [0.1, 0.15) is 0 Å². The van der Waals surface area contributed by atoms with Crippen LogP contribution in [0.2, 0.25) is 0 Å². The maximum Gasteiger partial charge on any atom is 0.280 e. The summed E-state index contributed by atoms with van der Waals surface area (Å²) in [6.45, 7) is 0. The topological polar surface area (TPSA) is 158 Å². The van der Waals surface area contributed by atoms with Crippen LogP contribution >= 0.6 is 0 Å². The van der Waals surface area contributed by atoms with E-state index in [-0.39, 0.29) is 23.4 Å². The van der Waals surface area contributed by atoms with E-state index in [1.54, 1.807) is 24.3 Å². The number of guanidine groups is 2. The number of nitrogens with one attached hydrogen (secondary N) is 1. The first-order valence-electron chi connectivity index (χ1n) is 6.17. The molecule has 9 heteroatoms. The number of para-hydroxylation sites is 1. The fourth-order valence-corrected chi connectivity index (χ4v) is 1.51. The molecule has 0 aliphatic carbocycles. The van der Waals surface area contributed by atoms with Crippen molar-refractivity contribution in [3.05, 3.63) is 48.4 Å². The van der Waals surface area contributed by atoms with Crippen molar-refractivity contribution in [3.8, 4) is 0 Å². The maximum atomic E-state index is 11.9. The van der Waals surface area contributed by atoms with Crippen LogP contribution in [0.5, 0.6) is 0 Å². The minimum absolute atomic E-state index is 0.0151. The Hall–Kier alpha value is -3.49. The summed E-state index contributed by atoms with van der Waals surface area (Å²) < 4.78 is 0. The molecular formula is C13H14N8O. The quantitative estimate of drug-likeness (QED) is 0.442. The number of nitrogens with two attached hydrogens (primary N) is 3. The first-order valence-corrected chi connectivity index (χ1v) is 6.17. The summed E-state index contributed by atoms with van der Waals surface area (Å²) in [7, 11) is 0. The van der Waals surface area contributed by atoms with E-state index in [4.69, 9.17) is 17.2 Å². The van der Waals surface area contributed by atoms with Gasteiger partial charge in [-0.15, -0.1) is 0 Å². The fraction of sp³-hybridized carbons (Fsp3) is 0. The molecule has 112 valence electrons. The van der Waals surface area contributed by atoms with Crippen molar-refractivity contribution in [3.63, 3.8) is 0 Å². The Bertz CT molecular complexity index is 726. The van der Waals surface area contributed by atoms with Gasteiger partial charge in [-0.2, -0.15) is 4.99 Å². The molecule has 0 saturated heterocycles. The molecule has 1 heterocycles. The Balaban J connectivity index is 2.08. The molecule has 0 radical (unpaired) electrons. The largest absolute Gasteiger partial charge is 0.382 e. The zero-order chi connectivity index (χ0) is 15.9. The summed E-state index contributed by atoms with van der Waals surface area (Å²) in [4.78, 5) is 27.2. The smallest absolute Gasteiger partial charge is 0.280 e. The number of nitrogens with zero attached hydrogens (tertiary/aromatic N) is 4. The van der Waals surface area contributed by atoms with Crippen LogP contribution in [0.15, 0.2) is 52.7 Å². The maximum absolute atomic E-state index is 11.9. The summed E-state index contributed by atoms with van der Waals surface area (Å²) >= 11 is 0. The second-order valence-electron chi connectivity index (χ2n) is 4.05. The van der Waals surface area contributed by atoms with Crippen LogP contribution in [0.1, 0.15) is 10.5 Å². The number of hydrogen-bond acceptors (Lipinski definition) is 5. The minimum Gasteiger partial charge on any atom is -0.382 e. The Morgan fingerprint density at radius 3 is 2.45 bits per heavy atom. The van der Waals surface area contributed by atoms with Gasteiger partial charge in [0, 0.05) is 12.4 Å². The Kier molecular flexibility index (Phi) is 4.60. The number of carbonyl (C=O) groups excluding carboxylic acids is 1. The van der Waals surface area contributed by atoms with Crippen LogP contribution < -0.4 is 22.5 Å². The van der Waals surface area contributed by atoms with E-state index in [1.807, 2.05) is 6.07 Å². The third-order valence-corrected chi connectivity index (χ3v) is 2.42. The van der Waals surface area contributed by atoms with Crippen LogP contribution in [-0.2, 0) is 0 Å². The number of anilines is 1. The number of hydrogen-bond donors (Lipinski definition) is 4. The van der Waals surface area contributed by atoms with Crippen molar-refractivity contribution < 1.29 is 4.79 Å². The average molecular weight is 298 g/mol. The lowest BCUT2D eigenvalue weighted by atomic mass is 10.3. The number of aromatic nitrogens is 2.